The predicted octanol–water partition coefficient (Wildman–Crippen LogP) is 3.22. The van der Waals surface area contributed by atoms with Gasteiger partial charge in [0, 0.05) is 26.7 Å². The zero-order chi connectivity index (χ0) is 26.5. The number of para-hydroxylation sites is 1. The first kappa shape index (κ1) is 27.6. The number of benzene rings is 2. The molecule has 1 aliphatic carbocycles. The third kappa shape index (κ3) is 6.61. The minimum Gasteiger partial charge on any atom is -0.352 e. The highest BCUT2D eigenvalue weighted by Crippen LogP contribution is 2.24. The first-order chi connectivity index (χ1) is 17.0. The molecule has 8 nitrogen and oxygen atoms in total. The number of nitrogens with zero attached hydrogens (tertiary/aromatic N) is 3. The van der Waals surface area contributed by atoms with Crippen LogP contribution in [0.3, 0.4) is 0 Å². The Morgan fingerprint density at radius 2 is 1.75 bits per heavy atom. The Morgan fingerprint density at radius 3 is 2.36 bits per heavy atom. The lowest BCUT2D eigenvalue weighted by atomic mass is 10.1. The van der Waals surface area contributed by atoms with Crippen molar-refractivity contribution >= 4 is 27.7 Å². The Balaban J connectivity index is 1.94. The van der Waals surface area contributed by atoms with Crippen LogP contribution < -0.4 is 9.62 Å². The van der Waals surface area contributed by atoms with E-state index in [-0.39, 0.29) is 24.2 Å². The van der Waals surface area contributed by atoms with Crippen LogP contribution in [0.2, 0.25) is 0 Å². The van der Waals surface area contributed by atoms with Crippen molar-refractivity contribution in [3.8, 4) is 0 Å². The fraction of sp³-hybridized carbons (Fsp3) is 0.462. The Kier molecular flexibility index (Phi) is 9.08. The van der Waals surface area contributed by atoms with Crippen molar-refractivity contribution in [3.63, 3.8) is 0 Å². The molecule has 0 saturated heterocycles. The lowest BCUT2D eigenvalue weighted by Crippen LogP contribution is -2.53. The highest BCUT2D eigenvalue weighted by molar-refractivity contribution is 7.90. The molecule has 2 amide bonds. The summed E-state index contributed by atoms with van der Waals surface area (Å²) in [4.78, 5) is 28.1. The molecule has 0 radical (unpaired) electrons. The molecular formula is C26H35FN4O4S. The van der Waals surface area contributed by atoms with Crippen LogP contribution >= 0.6 is 0 Å². The van der Waals surface area contributed by atoms with Crippen LogP contribution in [-0.2, 0) is 26.3 Å². The molecule has 36 heavy (non-hydrogen) atoms. The van der Waals surface area contributed by atoms with Crippen LogP contribution in [0.4, 0.5) is 10.1 Å². The SMILES string of the molecule is Cc1cccc(CN(C(=O)CN(c2ccccc2F)S(=O)(=O)N(C)C)C(C)C(=O)NC2CCCC2)c1. The minimum absolute atomic E-state index is 0.0694. The summed E-state index contributed by atoms with van der Waals surface area (Å²) in [6.07, 6.45) is 3.88. The number of nitrogens with one attached hydrogen (secondary N) is 1. The largest absolute Gasteiger partial charge is 0.352 e. The maximum atomic E-state index is 14.7. The monoisotopic (exact) mass is 518 g/mol. The van der Waals surface area contributed by atoms with E-state index in [0.717, 1.165) is 51.5 Å². The van der Waals surface area contributed by atoms with Gasteiger partial charge in [0.25, 0.3) is 0 Å². The molecule has 1 fully saturated rings. The van der Waals surface area contributed by atoms with E-state index < -0.39 is 34.5 Å². The molecule has 196 valence electrons. The quantitative estimate of drug-likeness (QED) is 0.523. The molecule has 3 rings (SSSR count). The number of hydrogen-bond donors (Lipinski definition) is 1. The van der Waals surface area contributed by atoms with Gasteiger partial charge in [0.1, 0.15) is 18.4 Å². The average Bonchev–Trinajstić information content (AvgIpc) is 3.34. The summed E-state index contributed by atoms with van der Waals surface area (Å²) in [6, 6.07) is 12.2. The van der Waals surface area contributed by atoms with Gasteiger partial charge in [-0.1, -0.05) is 54.8 Å². The second kappa shape index (κ2) is 11.8. The second-order valence-electron chi connectivity index (χ2n) is 9.42. The fourth-order valence-corrected chi connectivity index (χ4v) is 5.40. The molecule has 0 heterocycles. The van der Waals surface area contributed by atoms with Crippen LogP contribution in [0.1, 0.15) is 43.7 Å². The number of anilines is 1. The Hall–Kier alpha value is -2.98. The Labute approximate surface area is 213 Å². The summed E-state index contributed by atoms with van der Waals surface area (Å²) in [5.74, 6) is -1.68. The van der Waals surface area contributed by atoms with E-state index in [1.54, 1.807) is 6.92 Å². The average molecular weight is 519 g/mol. The van der Waals surface area contributed by atoms with Crippen molar-refractivity contribution in [3.05, 3.63) is 65.5 Å². The topological polar surface area (TPSA) is 90.0 Å². The van der Waals surface area contributed by atoms with Gasteiger partial charge in [0.05, 0.1) is 5.69 Å². The maximum absolute atomic E-state index is 14.7. The number of amides is 2. The van der Waals surface area contributed by atoms with Crippen molar-refractivity contribution < 1.29 is 22.4 Å². The molecule has 0 aromatic heterocycles. The molecule has 1 aliphatic rings. The number of hydrogen-bond acceptors (Lipinski definition) is 4. The summed E-state index contributed by atoms with van der Waals surface area (Å²) >= 11 is 0. The molecule has 1 atom stereocenters. The van der Waals surface area contributed by atoms with Gasteiger partial charge in [-0.05, 0) is 44.4 Å². The first-order valence-electron chi connectivity index (χ1n) is 12.1. The van der Waals surface area contributed by atoms with Gasteiger partial charge in [-0.25, -0.2) is 8.70 Å². The van der Waals surface area contributed by atoms with Crippen molar-refractivity contribution in [1.29, 1.82) is 0 Å². The molecule has 1 saturated carbocycles. The highest BCUT2D eigenvalue weighted by atomic mass is 32.2. The van der Waals surface area contributed by atoms with E-state index in [1.807, 2.05) is 31.2 Å². The summed E-state index contributed by atoms with van der Waals surface area (Å²) < 4.78 is 42.6. The molecule has 2 aromatic carbocycles. The van der Waals surface area contributed by atoms with E-state index in [9.17, 15) is 22.4 Å². The second-order valence-corrected chi connectivity index (χ2v) is 11.5. The predicted molar refractivity (Wildman–Crippen MR) is 138 cm³/mol. The molecule has 10 heteroatoms. The normalized spacial score (nSPS) is 15.1. The molecule has 0 spiro atoms. The van der Waals surface area contributed by atoms with Gasteiger partial charge in [0.15, 0.2) is 0 Å². The zero-order valence-corrected chi connectivity index (χ0v) is 22.1. The maximum Gasteiger partial charge on any atom is 0.304 e. The van der Waals surface area contributed by atoms with E-state index in [1.165, 1.54) is 37.2 Å². The van der Waals surface area contributed by atoms with Gasteiger partial charge in [-0.15, -0.1) is 0 Å². The Morgan fingerprint density at radius 1 is 1.08 bits per heavy atom. The highest BCUT2D eigenvalue weighted by Gasteiger charge is 2.34. The van der Waals surface area contributed by atoms with E-state index in [0.29, 0.717) is 0 Å². The number of rotatable bonds is 10. The Bertz CT molecular complexity index is 1180. The molecule has 1 N–H and O–H groups in total. The van der Waals surface area contributed by atoms with Gasteiger partial charge < -0.3 is 10.2 Å². The lowest BCUT2D eigenvalue weighted by molar-refractivity contribution is -0.139. The number of carbonyl (C=O) groups is 2. The zero-order valence-electron chi connectivity index (χ0n) is 21.3. The molecular weight excluding hydrogens is 483 g/mol. The third-order valence-corrected chi connectivity index (χ3v) is 8.25. The summed E-state index contributed by atoms with van der Waals surface area (Å²) in [6.45, 7) is 3.00. The van der Waals surface area contributed by atoms with E-state index >= 15 is 0 Å². The molecule has 1 unspecified atom stereocenters. The van der Waals surface area contributed by atoms with Gasteiger partial charge >= 0.3 is 10.2 Å². The van der Waals surface area contributed by atoms with Crippen molar-refractivity contribution in [2.75, 3.05) is 24.9 Å². The number of carbonyl (C=O) groups excluding carboxylic acids is 2. The van der Waals surface area contributed by atoms with Gasteiger partial charge in [-0.3, -0.25) is 9.59 Å². The lowest BCUT2D eigenvalue weighted by Gasteiger charge is -2.33. The summed E-state index contributed by atoms with van der Waals surface area (Å²) in [5.41, 5.74) is 1.56. The van der Waals surface area contributed by atoms with Crippen molar-refractivity contribution in [1.82, 2.24) is 14.5 Å². The van der Waals surface area contributed by atoms with Crippen LogP contribution in [0.25, 0.3) is 0 Å². The first-order valence-corrected chi connectivity index (χ1v) is 13.5. The van der Waals surface area contributed by atoms with Crippen LogP contribution in [0, 0.1) is 12.7 Å². The third-order valence-electron chi connectivity index (χ3n) is 6.44. The number of aryl methyl sites for hydroxylation is 1. The van der Waals surface area contributed by atoms with Crippen LogP contribution in [-0.4, -0.2) is 62.2 Å². The fourth-order valence-electron chi connectivity index (χ4n) is 4.34. The number of halogens is 1. The van der Waals surface area contributed by atoms with Gasteiger partial charge in [-0.2, -0.15) is 12.7 Å². The smallest absolute Gasteiger partial charge is 0.304 e. The molecule has 0 aliphatic heterocycles. The van der Waals surface area contributed by atoms with E-state index in [2.05, 4.69) is 5.32 Å². The summed E-state index contributed by atoms with van der Waals surface area (Å²) in [5, 5.41) is 3.02. The van der Waals surface area contributed by atoms with E-state index in [4.69, 9.17) is 0 Å². The summed E-state index contributed by atoms with van der Waals surface area (Å²) in [7, 11) is -1.58. The van der Waals surface area contributed by atoms with Crippen LogP contribution in [0.5, 0.6) is 0 Å². The van der Waals surface area contributed by atoms with Crippen LogP contribution in [0.15, 0.2) is 48.5 Å². The molecule has 2 aromatic rings. The molecule has 0 bridgehead atoms. The standard InChI is InChI=1S/C26H35FN4O4S/c1-19-10-9-11-21(16-19)17-30(20(2)26(33)28-22-12-5-6-13-22)25(32)18-31(36(34,35)29(3)4)24-15-8-7-14-23(24)27/h7-11,14-16,20,22H,5-6,12-13,17-18H2,1-4H3,(H,28,33). The minimum atomic E-state index is -4.21. The van der Waals surface area contributed by atoms with Crippen molar-refractivity contribution in [2.45, 2.75) is 58.2 Å². The van der Waals surface area contributed by atoms with Gasteiger partial charge in [0.2, 0.25) is 11.8 Å². The van der Waals surface area contributed by atoms with Crippen molar-refractivity contribution in [2.24, 2.45) is 0 Å².